The zero-order valence-corrected chi connectivity index (χ0v) is 14.7. The summed E-state index contributed by atoms with van der Waals surface area (Å²) in [6, 6.07) is 7.76. The SMILES string of the molecule is CC1(C)C[C@@H](c2noc(-c3ccc(N4CCCC4=O)cc3)n2)CCO1. The summed E-state index contributed by atoms with van der Waals surface area (Å²) in [5.74, 6) is 1.74. The molecule has 0 radical (unpaired) electrons. The highest BCUT2D eigenvalue weighted by Gasteiger charge is 2.32. The van der Waals surface area contributed by atoms with E-state index in [2.05, 4.69) is 24.0 Å². The Balaban J connectivity index is 1.51. The third kappa shape index (κ3) is 3.31. The van der Waals surface area contributed by atoms with Gasteiger partial charge in [0.25, 0.3) is 5.89 Å². The topological polar surface area (TPSA) is 68.5 Å². The lowest BCUT2D eigenvalue weighted by Crippen LogP contribution is -2.33. The second-order valence-electron chi connectivity index (χ2n) is 7.45. The smallest absolute Gasteiger partial charge is 0.257 e. The fourth-order valence-corrected chi connectivity index (χ4v) is 3.68. The zero-order chi connectivity index (χ0) is 17.4. The van der Waals surface area contributed by atoms with Crippen molar-refractivity contribution < 1.29 is 14.1 Å². The molecule has 3 heterocycles. The number of nitrogens with zero attached hydrogens (tertiary/aromatic N) is 3. The lowest BCUT2D eigenvalue weighted by atomic mass is 9.88. The van der Waals surface area contributed by atoms with Crippen molar-refractivity contribution in [2.75, 3.05) is 18.1 Å². The Morgan fingerprint density at radius 2 is 2.04 bits per heavy atom. The third-order valence-corrected chi connectivity index (χ3v) is 5.00. The fourth-order valence-electron chi connectivity index (χ4n) is 3.68. The van der Waals surface area contributed by atoms with Gasteiger partial charge in [0.15, 0.2) is 5.82 Å². The van der Waals surface area contributed by atoms with Crippen molar-refractivity contribution >= 4 is 11.6 Å². The van der Waals surface area contributed by atoms with Gasteiger partial charge >= 0.3 is 0 Å². The number of anilines is 1. The average molecular weight is 341 g/mol. The number of benzene rings is 1. The van der Waals surface area contributed by atoms with Gasteiger partial charge in [0, 0.05) is 36.7 Å². The molecule has 25 heavy (non-hydrogen) atoms. The lowest BCUT2D eigenvalue weighted by molar-refractivity contribution is -0.117. The maximum absolute atomic E-state index is 11.8. The summed E-state index contributed by atoms with van der Waals surface area (Å²) >= 11 is 0. The van der Waals surface area contributed by atoms with Crippen LogP contribution < -0.4 is 4.90 Å². The van der Waals surface area contributed by atoms with Gasteiger partial charge in [-0.15, -0.1) is 0 Å². The molecule has 2 aromatic rings. The normalized spacial score (nSPS) is 23.2. The number of carbonyl (C=O) groups excluding carboxylic acids is 1. The Bertz CT molecular complexity index is 766. The highest BCUT2D eigenvalue weighted by atomic mass is 16.5. The predicted octanol–water partition coefficient (Wildman–Crippen LogP) is 3.54. The molecule has 4 rings (SSSR count). The summed E-state index contributed by atoms with van der Waals surface area (Å²) < 4.78 is 11.2. The van der Waals surface area contributed by atoms with Gasteiger partial charge in [0.05, 0.1) is 5.60 Å². The Hall–Kier alpha value is -2.21. The summed E-state index contributed by atoms with van der Waals surface area (Å²) in [5.41, 5.74) is 1.66. The van der Waals surface area contributed by atoms with E-state index in [4.69, 9.17) is 9.26 Å². The minimum atomic E-state index is -0.145. The number of carbonyl (C=O) groups is 1. The van der Waals surface area contributed by atoms with Gasteiger partial charge in [0.1, 0.15) is 0 Å². The van der Waals surface area contributed by atoms with Gasteiger partial charge in [-0.05, 0) is 57.4 Å². The number of rotatable bonds is 3. The van der Waals surface area contributed by atoms with Crippen LogP contribution in [0.15, 0.2) is 28.8 Å². The van der Waals surface area contributed by atoms with Gasteiger partial charge in [-0.25, -0.2) is 0 Å². The standard InChI is InChI=1S/C19H23N3O3/c1-19(2)12-14(9-11-24-19)17-20-18(25-21-17)13-5-7-15(8-6-13)22-10-3-4-16(22)23/h5-8,14H,3-4,9-12H2,1-2H3/t14-/m0/s1. The van der Waals surface area contributed by atoms with Crippen LogP contribution in [0.4, 0.5) is 5.69 Å². The van der Waals surface area contributed by atoms with E-state index < -0.39 is 0 Å². The van der Waals surface area contributed by atoms with Crippen LogP contribution in [0.25, 0.3) is 11.5 Å². The molecule has 2 aliphatic rings. The molecule has 0 aliphatic carbocycles. The summed E-state index contributed by atoms with van der Waals surface area (Å²) in [6.07, 6.45) is 3.37. The van der Waals surface area contributed by atoms with Crippen LogP contribution in [-0.2, 0) is 9.53 Å². The average Bonchev–Trinajstić information content (AvgIpc) is 3.23. The molecule has 1 aromatic heterocycles. The Labute approximate surface area is 147 Å². The lowest BCUT2D eigenvalue weighted by Gasteiger charge is -2.34. The molecule has 6 heteroatoms. The molecule has 0 bridgehead atoms. The molecule has 0 unspecified atom stereocenters. The molecular formula is C19H23N3O3. The quantitative estimate of drug-likeness (QED) is 0.854. The van der Waals surface area contributed by atoms with E-state index in [-0.39, 0.29) is 17.4 Å². The summed E-state index contributed by atoms with van der Waals surface area (Å²) in [5, 5.41) is 4.19. The van der Waals surface area contributed by atoms with Crippen molar-refractivity contribution in [3.63, 3.8) is 0 Å². The monoisotopic (exact) mass is 341 g/mol. The molecule has 2 aliphatic heterocycles. The van der Waals surface area contributed by atoms with Crippen molar-refractivity contribution in [1.82, 2.24) is 10.1 Å². The van der Waals surface area contributed by atoms with E-state index in [1.165, 1.54) is 0 Å². The van der Waals surface area contributed by atoms with Gasteiger partial charge < -0.3 is 14.2 Å². The second-order valence-corrected chi connectivity index (χ2v) is 7.45. The van der Waals surface area contributed by atoms with Crippen LogP contribution in [0.5, 0.6) is 0 Å². The highest BCUT2D eigenvalue weighted by molar-refractivity contribution is 5.95. The molecule has 1 amide bonds. The molecule has 1 atom stereocenters. The van der Waals surface area contributed by atoms with Crippen molar-refractivity contribution in [2.24, 2.45) is 0 Å². The molecule has 6 nitrogen and oxygen atoms in total. The fraction of sp³-hybridized carbons (Fsp3) is 0.526. The van der Waals surface area contributed by atoms with Crippen LogP contribution >= 0.6 is 0 Å². The summed E-state index contributed by atoms with van der Waals surface area (Å²) in [4.78, 5) is 18.3. The van der Waals surface area contributed by atoms with E-state index in [1.54, 1.807) is 0 Å². The molecule has 0 spiro atoms. The Morgan fingerprint density at radius 1 is 1.24 bits per heavy atom. The minimum Gasteiger partial charge on any atom is -0.376 e. The first-order valence-electron chi connectivity index (χ1n) is 8.90. The van der Waals surface area contributed by atoms with Gasteiger partial charge in [0.2, 0.25) is 5.91 Å². The number of hydrogen-bond acceptors (Lipinski definition) is 5. The zero-order valence-electron chi connectivity index (χ0n) is 14.7. The van der Waals surface area contributed by atoms with Crippen LogP contribution in [0.2, 0.25) is 0 Å². The second kappa shape index (κ2) is 6.26. The maximum atomic E-state index is 11.8. The van der Waals surface area contributed by atoms with Crippen molar-refractivity contribution in [2.45, 2.75) is 51.0 Å². The maximum Gasteiger partial charge on any atom is 0.257 e. The number of ether oxygens (including phenoxy) is 1. The largest absolute Gasteiger partial charge is 0.376 e. The molecule has 1 aromatic carbocycles. The summed E-state index contributed by atoms with van der Waals surface area (Å²) in [6.45, 7) is 5.71. The minimum absolute atomic E-state index is 0.145. The molecule has 0 N–H and O–H groups in total. The number of hydrogen-bond donors (Lipinski definition) is 0. The molecular weight excluding hydrogens is 318 g/mol. The Kier molecular flexibility index (Phi) is 4.07. The van der Waals surface area contributed by atoms with E-state index >= 15 is 0 Å². The molecule has 0 saturated carbocycles. The van der Waals surface area contributed by atoms with E-state index in [0.29, 0.717) is 12.3 Å². The first-order chi connectivity index (χ1) is 12.0. The van der Waals surface area contributed by atoms with Crippen LogP contribution in [0, 0.1) is 0 Å². The molecule has 2 fully saturated rings. The van der Waals surface area contributed by atoms with Crippen LogP contribution in [-0.4, -0.2) is 34.8 Å². The highest BCUT2D eigenvalue weighted by Crippen LogP contribution is 2.35. The van der Waals surface area contributed by atoms with Gasteiger partial charge in [-0.1, -0.05) is 5.16 Å². The predicted molar refractivity (Wildman–Crippen MR) is 93.3 cm³/mol. The Morgan fingerprint density at radius 3 is 2.72 bits per heavy atom. The first kappa shape index (κ1) is 16.3. The molecule has 2 saturated heterocycles. The molecule has 132 valence electrons. The third-order valence-electron chi connectivity index (χ3n) is 5.00. The van der Waals surface area contributed by atoms with Crippen LogP contribution in [0.3, 0.4) is 0 Å². The number of aromatic nitrogens is 2. The van der Waals surface area contributed by atoms with Gasteiger partial charge in [-0.3, -0.25) is 4.79 Å². The summed E-state index contributed by atoms with van der Waals surface area (Å²) in [7, 11) is 0. The van der Waals surface area contributed by atoms with Crippen molar-refractivity contribution in [1.29, 1.82) is 0 Å². The van der Waals surface area contributed by atoms with Crippen LogP contribution in [0.1, 0.15) is 51.3 Å². The van der Waals surface area contributed by atoms with E-state index in [1.807, 2.05) is 29.2 Å². The van der Waals surface area contributed by atoms with Crippen molar-refractivity contribution in [3.05, 3.63) is 30.1 Å². The van der Waals surface area contributed by atoms with Crippen molar-refractivity contribution in [3.8, 4) is 11.5 Å². The number of amides is 1. The van der Waals surface area contributed by atoms with E-state index in [0.717, 1.165) is 49.5 Å². The van der Waals surface area contributed by atoms with Gasteiger partial charge in [-0.2, -0.15) is 4.98 Å². The first-order valence-corrected chi connectivity index (χ1v) is 8.90. The van der Waals surface area contributed by atoms with E-state index in [9.17, 15) is 4.79 Å².